The van der Waals surface area contributed by atoms with Crippen LogP contribution in [-0.2, 0) is 4.79 Å². The van der Waals surface area contributed by atoms with Gasteiger partial charge in [-0.2, -0.15) is 5.10 Å². The highest BCUT2D eigenvalue weighted by molar-refractivity contribution is 6.62. The first-order chi connectivity index (χ1) is 10.1. The Kier molecular flexibility index (Phi) is 3.68. The zero-order valence-corrected chi connectivity index (χ0v) is 12.5. The lowest BCUT2D eigenvalue weighted by molar-refractivity contribution is -0.128. The van der Waals surface area contributed by atoms with E-state index in [1.54, 1.807) is 4.90 Å². The van der Waals surface area contributed by atoms with Crippen LogP contribution in [0.5, 0.6) is 0 Å². The summed E-state index contributed by atoms with van der Waals surface area (Å²) in [5, 5.41) is 4.93. The molecule has 0 aromatic heterocycles. The Morgan fingerprint density at radius 3 is 2.62 bits per heavy atom. The van der Waals surface area contributed by atoms with Gasteiger partial charge in [-0.15, -0.1) is 0 Å². The summed E-state index contributed by atoms with van der Waals surface area (Å²) in [7, 11) is 0. The molecule has 6 heteroatoms. The monoisotopic (exact) mass is 305 g/mol. The van der Waals surface area contributed by atoms with Gasteiger partial charge >= 0.3 is 5.37 Å². The number of hydrazone groups is 1. The average molecular weight is 306 g/mol. The van der Waals surface area contributed by atoms with Gasteiger partial charge in [-0.25, -0.2) is 5.01 Å². The normalized spacial score (nSPS) is 21.9. The van der Waals surface area contributed by atoms with Crippen LogP contribution in [0.25, 0.3) is 0 Å². The molecule has 110 valence electrons. The van der Waals surface area contributed by atoms with E-state index in [2.05, 4.69) is 5.10 Å². The Bertz CT molecular complexity index is 612. The van der Waals surface area contributed by atoms with Crippen LogP contribution in [0.2, 0.25) is 0 Å². The molecule has 0 aliphatic carbocycles. The van der Waals surface area contributed by atoms with Crippen LogP contribution in [0.3, 0.4) is 0 Å². The Morgan fingerprint density at radius 1 is 1.33 bits per heavy atom. The number of rotatable bonds is 2. The Hall–Kier alpha value is -1.88. The van der Waals surface area contributed by atoms with Gasteiger partial charge in [0.15, 0.2) is 0 Å². The molecule has 2 amide bonds. The van der Waals surface area contributed by atoms with Crippen LogP contribution in [0.4, 0.5) is 4.79 Å². The highest BCUT2D eigenvalue weighted by Gasteiger charge is 2.38. The fourth-order valence-corrected chi connectivity index (χ4v) is 2.92. The van der Waals surface area contributed by atoms with Crippen molar-refractivity contribution in [3.05, 3.63) is 35.4 Å². The lowest BCUT2D eigenvalue weighted by atomic mass is 10.0. The highest BCUT2D eigenvalue weighted by Crippen LogP contribution is 2.24. The van der Waals surface area contributed by atoms with E-state index < -0.39 is 5.37 Å². The van der Waals surface area contributed by atoms with Crippen molar-refractivity contribution < 1.29 is 9.59 Å². The largest absolute Gasteiger partial charge is 0.336 e. The summed E-state index contributed by atoms with van der Waals surface area (Å²) in [5.41, 5.74) is 2.81. The van der Waals surface area contributed by atoms with Gasteiger partial charge in [-0.1, -0.05) is 29.8 Å². The van der Waals surface area contributed by atoms with Gasteiger partial charge < -0.3 is 4.90 Å². The second kappa shape index (κ2) is 5.48. The Balaban J connectivity index is 1.95. The van der Waals surface area contributed by atoms with Crippen LogP contribution < -0.4 is 0 Å². The molecule has 3 rings (SSSR count). The van der Waals surface area contributed by atoms with Crippen molar-refractivity contribution in [1.29, 1.82) is 0 Å². The zero-order chi connectivity index (χ0) is 15.0. The van der Waals surface area contributed by atoms with Crippen LogP contribution in [0.15, 0.2) is 29.4 Å². The lowest BCUT2D eigenvalue weighted by Crippen LogP contribution is -2.44. The maximum absolute atomic E-state index is 12.0. The minimum absolute atomic E-state index is 0.115. The molecule has 1 fully saturated rings. The van der Waals surface area contributed by atoms with E-state index >= 15 is 0 Å². The maximum atomic E-state index is 12.0. The average Bonchev–Trinajstić information content (AvgIpc) is 3.05. The molecule has 21 heavy (non-hydrogen) atoms. The summed E-state index contributed by atoms with van der Waals surface area (Å²) >= 11 is 5.55. The number of nitrogens with zero attached hydrogens (tertiary/aromatic N) is 3. The van der Waals surface area contributed by atoms with Gasteiger partial charge in [0.2, 0.25) is 5.91 Å². The van der Waals surface area contributed by atoms with Gasteiger partial charge in [-0.05, 0) is 30.5 Å². The lowest BCUT2D eigenvalue weighted by Gasteiger charge is -2.25. The molecule has 2 aliphatic rings. The molecule has 2 heterocycles. The van der Waals surface area contributed by atoms with Crippen molar-refractivity contribution in [1.82, 2.24) is 9.91 Å². The van der Waals surface area contributed by atoms with Crippen LogP contribution in [-0.4, -0.2) is 46.0 Å². The van der Waals surface area contributed by atoms with Crippen molar-refractivity contribution in [3.63, 3.8) is 0 Å². The fraction of sp³-hybridized carbons (Fsp3) is 0.400. The van der Waals surface area contributed by atoms with E-state index in [0.717, 1.165) is 23.3 Å². The molecule has 1 saturated heterocycles. The molecule has 0 radical (unpaired) electrons. The first-order valence-electron chi connectivity index (χ1n) is 6.98. The predicted molar refractivity (Wildman–Crippen MR) is 80.4 cm³/mol. The van der Waals surface area contributed by atoms with Gasteiger partial charge in [0.1, 0.15) is 0 Å². The summed E-state index contributed by atoms with van der Waals surface area (Å²) in [6.45, 7) is 3.05. The number of halogens is 1. The van der Waals surface area contributed by atoms with Gasteiger partial charge in [0.25, 0.3) is 0 Å². The minimum Gasteiger partial charge on any atom is -0.332 e. The molecule has 0 spiro atoms. The van der Waals surface area contributed by atoms with Gasteiger partial charge in [0, 0.05) is 13.0 Å². The fourth-order valence-electron chi connectivity index (χ4n) is 2.82. The third-order valence-electron chi connectivity index (χ3n) is 3.93. The standard InChI is InChI=1S/C15H16ClN3O2/c1-10-4-6-11(7-5-10)14-12(9-19(17-14)15(16)21)18-8-2-3-13(18)20/h4-7,12H,2-3,8-9H2,1H3. The number of aryl methyl sites for hydroxylation is 1. The number of amides is 2. The van der Waals surface area contributed by atoms with Crippen LogP contribution in [0.1, 0.15) is 24.0 Å². The SMILES string of the molecule is Cc1ccc(C2=NN(C(=O)Cl)CC2N2CCCC2=O)cc1. The quantitative estimate of drug-likeness (QED) is 0.622. The van der Waals surface area contributed by atoms with E-state index in [-0.39, 0.29) is 11.9 Å². The maximum Gasteiger partial charge on any atom is 0.336 e. The van der Waals surface area contributed by atoms with E-state index in [1.165, 1.54) is 5.01 Å². The molecular formula is C15H16ClN3O2. The Morgan fingerprint density at radius 2 is 2.05 bits per heavy atom. The smallest absolute Gasteiger partial charge is 0.332 e. The number of benzene rings is 1. The second-order valence-corrected chi connectivity index (χ2v) is 5.72. The molecule has 0 N–H and O–H groups in total. The van der Waals surface area contributed by atoms with Crippen molar-refractivity contribution in [3.8, 4) is 0 Å². The first kappa shape index (κ1) is 14.1. The van der Waals surface area contributed by atoms with Gasteiger partial charge in [0.05, 0.1) is 18.3 Å². The molecule has 1 aromatic carbocycles. The summed E-state index contributed by atoms with van der Waals surface area (Å²) in [6, 6.07) is 7.71. The molecule has 0 saturated carbocycles. The van der Waals surface area contributed by atoms with Gasteiger partial charge in [-0.3, -0.25) is 9.59 Å². The molecular weight excluding hydrogens is 290 g/mol. The zero-order valence-electron chi connectivity index (χ0n) is 11.8. The third kappa shape index (κ3) is 2.65. The first-order valence-corrected chi connectivity index (χ1v) is 7.36. The summed E-state index contributed by atoms with van der Waals surface area (Å²) < 4.78 is 0. The van der Waals surface area contributed by atoms with E-state index in [0.29, 0.717) is 19.5 Å². The second-order valence-electron chi connectivity index (χ2n) is 5.39. The topological polar surface area (TPSA) is 53.0 Å². The number of hydrogen-bond acceptors (Lipinski definition) is 3. The van der Waals surface area contributed by atoms with E-state index in [1.807, 2.05) is 31.2 Å². The highest BCUT2D eigenvalue weighted by atomic mass is 35.5. The number of carbonyl (C=O) groups is 2. The van der Waals surface area contributed by atoms with Crippen molar-refractivity contribution >= 4 is 28.6 Å². The predicted octanol–water partition coefficient (Wildman–Crippen LogP) is 2.36. The Labute approximate surface area is 128 Å². The summed E-state index contributed by atoms with van der Waals surface area (Å²) in [4.78, 5) is 25.2. The molecule has 1 atom stereocenters. The summed E-state index contributed by atoms with van der Waals surface area (Å²) in [5.74, 6) is 0.115. The van der Waals surface area contributed by atoms with E-state index in [4.69, 9.17) is 11.6 Å². The number of carbonyl (C=O) groups excluding carboxylic acids is 2. The minimum atomic E-state index is -0.617. The van der Waals surface area contributed by atoms with E-state index in [9.17, 15) is 9.59 Å². The van der Waals surface area contributed by atoms with Crippen LogP contribution in [0, 0.1) is 6.92 Å². The van der Waals surface area contributed by atoms with Crippen LogP contribution >= 0.6 is 11.6 Å². The summed E-state index contributed by atoms with van der Waals surface area (Å²) in [6.07, 6.45) is 1.41. The van der Waals surface area contributed by atoms with Crippen molar-refractivity contribution in [2.75, 3.05) is 13.1 Å². The molecule has 0 bridgehead atoms. The van der Waals surface area contributed by atoms with Crippen molar-refractivity contribution in [2.24, 2.45) is 5.10 Å². The third-order valence-corrected chi connectivity index (χ3v) is 4.12. The molecule has 2 aliphatic heterocycles. The number of likely N-dealkylation sites (tertiary alicyclic amines) is 1. The number of hydrogen-bond donors (Lipinski definition) is 0. The molecule has 1 aromatic rings. The molecule has 5 nitrogen and oxygen atoms in total. The van der Waals surface area contributed by atoms with Crippen molar-refractivity contribution in [2.45, 2.75) is 25.8 Å². The molecule has 1 unspecified atom stereocenters.